The fourth-order valence-electron chi connectivity index (χ4n) is 1.34. The Hall–Kier alpha value is -1.13. The Morgan fingerprint density at radius 3 is 2.88 bits per heavy atom. The van der Waals surface area contributed by atoms with Crippen LogP contribution in [0.5, 0.6) is 11.6 Å². The van der Waals surface area contributed by atoms with Crippen molar-refractivity contribution in [1.82, 2.24) is 9.97 Å². The molecular formula is C12H10BrClN2O. The van der Waals surface area contributed by atoms with Gasteiger partial charge in [0.25, 0.3) is 0 Å². The largest absolute Gasteiger partial charge is 0.437 e. The average molecular weight is 314 g/mol. The number of ether oxygens (including phenoxy) is 1. The Morgan fingerprint density at radius 2 is 2.18 bits per heavy atom. The highest BCUT2D eigenvalue weighted by Gasteiger charge is 2.04. The minimum absolute atomic E-state index is 0.323. The number of halogens is 2. The highest BCUT2D eigenvalue weighted by atomic mass is 79.9. The highest BCUT2D eigenvalue weighted by molar-refractivity contribution is 9.10. The lowest BCUT2D eigenvalue weighted by Gasteiger charge is -2.08. The zero-order chi connectivity index (χ0) is 12.3. The Labute approximate surface area is 113 Å². The molecule has 0 atom stereocenters. The van der Waals surface area contributed by atoms with E-state index in [1.54, 1.807) is 12.4 Å². The van der Waals surface area contributed by atoms with E-state index in [2.05, 4.69) is 25.9 Å². The van der Waals surface area contributed by atoms with Crippen LogP contribution in [-0.4, -0.2) is 9.97 Å². The molecule has 0 amide bonds. The molecule has 2 aromatic rings. The first-order chi connectivity index (χ1) is 8.19. The van der Waals surface area contributed by atoms with Gasteiger partial charge in [-0.3, -0.25) is 4.98 Å². The van der Waals surface area contributed by atoms with Gasteiger partial charge in [-0.15, -0.1) is 11.6 Å². The van der Waals surface area contributed by atoms with Crippen LogP contribution < -0.4 is 4.74 Å². The minimum Gasteiger partial charge on any atom is -0.437 e. The summed E-state index contributed by atoms with van der Waals surface area (Å²) < 4.78 is 6.67. The van der Waals surface area contributed by atoms with Gasteiger partial charge >= 0.3 is 0 Å². The maximum absolute atomic E-state index is 5.69. The van der Waals surface area contributed by atoms with Gasteiger partial charge in [0.15, 0.2) is 0 Å². The molecule has 0 aliphatic heterocycles. The van der Waals surface area contributed by atoms with Crippen molar-refractivity contribution in [2.24, 2.45) is 0 Å². The minimum atomic E-state index is 0.323. The molecule has 3 nitrogen and oxygen atoms in total. The van der Waals surface area contributed by atoms with Gasteiger partial charge in [0.05, 0.1) is 17.8 Å². The Morgan fingerprint density at radius 1 is 1.35 bits per heavy atom. The van der Waals surface area contributed by atoms with Gasteiger partial charge in [0.2, 0.25) is 5.88 Å². The number of hydrogen-bond acceptors (Lipinski definition) is 3. The van der Waals surface area contributed by atoms with Crippen LogP contribution in [0, 0.1) is 6.92 Å². The summed E-state index contributed by atoms with van der Waals surface area (Å²) in [4.78, 5) is 8.24. The van der Waals surface area contributed by atoms with Crippen molar-refractivity contribution >= 4 is 27.5 Å². The Kier molecular flexibility index (Phi) is 3.97. The topological polar surface area (TPSA) is 35.0 Å². The lowest BCUT2D eigenvalue weighted by molar-refractivity contribution is 0.455. The third-order valence-corrected chi connectivity index (χ3v) is 2.92. The predicted molar refractivity (Wildman–Crippen MR) is 70.5 cm³/mol. The van der Waals surface area contributed by atoms with Gasteiger partial charge < -0.3 is 4.74 Å². The second-order valence-electron chi connectivity index (χ2n) is 3.49. The average Bonchev–Trinajstić information content (AvgIpc) is 2.33. The number of nitrogens with zero attached hydrogens (tertiary/aromatic N) is 2. The maximum atomic E-state index is 5.69. The van der Waals surface area contributed by atoms with E-state index in [9.17, 15) is 0 Å². The smallest absolute Gasteiger partial charge is 0.238 e. The normalized spacial score (nSPS) is 10.3. The highest BCUT2D eigenvalue weighted by Crippen LogP contribution is 2.26. The summed E-state index contributed by atoms with van der Waals surface area (Å²) in [5, 5.41) is 0. The van der Waals surface area contributed by atoms with Crippen molar-refractivity contribution in [3.63, 3.8) is 0 Å². The zero-order valence-corrected chi connectivity index (χ0v) is 11.5. The van der Waals surface area contributed by atoms with Gasteiger partial charge in [0, 0.05) is 10.7 Å². The second-order valence-corrected chi connectivity index (χ2v) is 4.68. The summed E-state index contributed by atoms with van der Waals surface area (Å²) in [6.45, 7) is 1.97. The fourth-order valence-corrected chi connectivity index (χ4v) is 1.94. The molecule has 0 aliphatic carbocycles. The molecule has 0 saturated heterocycles. The van der Waals surface area contributed by atoms with Crippen LogP contribution >= 0.6 is 27.5 Å². The predicted octanol–water partition coefficient (Wildman–Crippen LogP) is 4.08. The van der Waals surface area contributed by atoms with Crippen LogP contribution in [0.4, 0.5) is 0 Å². The van der Waals surface area contributed by atoms with E-state index in [4.69, 9.17) is 16.3 Å². The molecule has 1 aromatic carbocycles. The van der Waals surface area contributed by atoms with Crippen molar-refractivity contribution in [3.8, 4) is 11.6 Å². The number of aromatic nitrogens is 2. The number of aryl methyl sites for hydroxylation is 1. The molecule has 2 rings (SSSR count). The molecule has 5 heteroatoms. The number of rotatable bonds is 3. The molecule has 0 spiro atoms. The lowest BCUT2D eigenvalue weighted by atomic mass is 10.2. The Balaban J connectivity index is 2.25. The van der Waals surface area contributed by atoms with E-state index in [1.807, 2.05) is 25.1 Å². The Bertz CT molecular complexity index is 534. The van der Waals surface area contributed by atoms with Crippen molar-refractivity contribution < 1.29 is 4.74 Å². The number of hydrogen-bond donors (Lipinski definition) is 0. The molecule has 0 saturated carbocycles. The molecule has 0 unspecified atom stereocenters. The van der Waals surface area contributed by atoms with E-state index in [-0.39, 0.29) is 0 Å². The molecule has 0 N–H and O–H groups in total. The third-order valence-electron chi connectivity index (χ3n) is 2.15. The van der Waals surface area contributed by atoms with E-state index in [0.29, 0.717) is 17.5 Å². The standard InChI is InChI=1S/C12H10BrClN2O/c1-8-4-9(13)2-3-11(8)17-12-7-15-6-10(5-14)16-12/h2-4,6-7H,5H2,1H3. The lowest BCUT2D eigenvalue weighted by Crippen LogP contribution is -1.94. The van der Waals surface area contributed by atoms with Gasteiger partial charge in [0.1, 0.15) is 5.75 Å². The van der Waals surface area contributed by atoms with Crippen molar-refractivity contribution in [2.45, 2.75) is 12.8 Å². The quantitative estimate of drug-likeness (QED) is 0.801. The van der Waals surface area contributed by atoms with E-state index in [1.165, 1.54) is 0 Å². The van der Waals surface area contributed by atoms with Gasteiger partial charge in [-0.25, -0.2) is 4.98 Å². The summed E-state index contributed by atoms with van der Waals surface area (Å²) in [5.41, 5.74) is 1.72. The van der Waals surface area contributed by atoms with Crippen molar-refractivity contribution in [3.05, 3.63) is 46.3 Å². The number of alkyl halides is 1. The molecule has 0 radical (unpaired) electrons. The first-order valence-electron chi connectivity index (χ1n) is 5.00. The van der Waals surface area contributed by atoms with E-state index in [0.717, 1.165) is 15.8 Å². The summed E-state index contributed by atoms with van der Waals surface area (Å²) in [5.74, 6) is 1.53. The SMILES string of the molecule is Cc1cc(Br)ccc1Oc1cncc(CCl)n1. The third kappa shape index (κ3) is 3.17. The van der Waals surface area contributed by atoms with Crippen LogP contribution in [-0.2, 0) is 5.88 Å². The molecule has 0 fully saturated rings. The van der Waals surface area contributed by atoms with Gasteiger partial charge in [-0.1, -0.05) is 15.9 Å². The van der Waals surface area contributed by atoms with Crippen molar-refractivity contribution in [2.75, 3.05) is 0 Å². The molecule has 88 valence electrons. The van der Waals surface area contributed by atoms with Crippen LogP contribution in [0.3, 0.4) is 0 Å². The summed E-state index contributed by atoms with van der Waals surface area (Å²) >= 11 is 9.09. The van der Waals surface area contributed by atoms with Crippen LogP contribution in [0.15, 0.2) is 35.1 Å². The molecular weight excluding hydrogens is 304 g/mol. The van der Waals surface area contributed by atoms with Crippen molar-refractivity contribution in [1.29, 1.82) is 0 Å². The summed E-state index contributed by atoms with van der Waals surface area (Å²) in [6.07, 6.45) is 3.19. The fraction of sp³-hybridized carbons (Fsp3) is 0.167. The van der Waals surface area contributed by atoms with Crippen LogP contribution in [0.1, 0.15) is 11.3 Å². The van der Waals surface area contributed by atoms with Gasteiger partial charge in [-0.2, -0.15) is 0 Å². The molecule has 0 aliphatic rings. The summed E-state index contributed by atoms with van der Waals surface area (Å²) in [7, 11) is 0. The second kappa shape index (κ2) is 5.47. The number of benzene rings is 1. The van der Waals surface area contributed by atoms with E-state index < -0.39 is 0 Å². The zero-order valence-electron chi connectivity index (χ0n) is 9.15. The molecule has 0 bridgehead atoms. The van der Waals surface area contributed by atoms with Crippen LogP contribution in [0.2, 0.25) is 0 Å². The first kappa shape index (κ1) is 12.3. The monoisotopic (exact) mass is 312 g/mol. The van der Waals surface area contributed by atoms with Gasteiger partial charge in [-0.05, 0) is 30.7 Å². The summed E-state index contributed by atoms with van der Waals surface area (Å²) in [6, 6.07) is 5.78. The molecule has 1 aromatic heterocycles. The van der Waals surface area contributed by atoms with Crippen LogP contribution in [0.25, 0.3) is 0 Å². The molecule has 17 heavy (non-hydrogen) atoms. The molecule has 1 heterocycles. The first-order valence-corrected chi connectivity index (χ1v) is 6.32. The maximum Gasteiger partial charge on any atom is 0.238 e. The van der Waals surface area contributed by atoms with E-state index >= 15 is 0 Å².